The van der Waals surface area contributed by atoms with Gasteiger partial charge in [0.05, 0.1) is 16.7 Å². The molecule has 0 spiro atoms. The highest BCUT2D eigenvalue weighted by molar-refractivity contribution is 7.80. The van der Waals surface area contributed by atoms with E-state index in [1.165, 1.54) is 10.6 Å². The Kier molecular flexibility index (Phi) is 4.52. The third-order valence-electron chi connectivity index (χ3n) is 6.40. The van der Waals surface area contributed by atoms with E-state index >= 15 is 0 Å². The van der Waals surface area contributed by atoms with Crippen LogP contribution in [-0.4, -0.2) is 9.97 Å². The highest BCUT2D eigenvalue weighted by atomic mass is 31.1. The molecule has 0 saturated heterocycles. The van der Waals surface area contributed by atoms with E-state index in [-0.39, 0.29) is 0 Å². The Morgan fingerprint density at radius 2 is 1.03 bits per heavy atom. The summed E-state index contributed by atoms with van der Waals surface area (Å²) in [5, 5.41) is 3.54. The van der Waals surface area contributed by atoms with E-state index in [0.717, 1.165) is 62.2 Å². The first kappa shape index (κ1) is 20.4. The molecule has 3 aromatic carbocycles. The van der Waals surface area contributed by atoms with Gasteiger partial charge in [-0.05, 0) is 74.5 Å². The number of aromatic nitrogens is 2. The van der Waals surface area contributed by atoms with Crippen molar-refractivity contribution in [3.63, 3.8) is 0 Å². The molecule has 0 amide bonds. The number of pyridine rings is 2. The maximum atomic E-state index is 6.44. The highest BCUT2D eigenvalue weighted by Gasteiger charge is 2.37. The zero-order valence-electron chi connectivity index (χ0n) is 19.3. The van der Waals surface area contributed by atoms with Crippen LogP contribution in [-0.2, 0) is 0 Å². The van der Waals surface area contributed by atoms with E-state index in [2.05, 4.69) is 36.4 Å². The normalized spacial score (nSPS) is 13.2. The van der Waals surface area contributed by atoms with Crippen molar-refractivity contribution in [3.8, 4) is 45.5 Å². The Bertz CT molecular complexity index is 1530. The lowest BCUT2D eigenvalue weighted by Crippen LogP contribution is -2.31. The largest absolute Gasteiger partial charge is 0.456 e. The van der Waals surface area contributed by atoms with Crippen molar-refractivity contribution in [1.29, 1.82) is 0 Å². The Labute approximate surface area is 205 Å². The van der Waals surface area contributed by atoms with Crippen LogP contribution in [0.2, 0.25) is 0 Å². The number of aryl methyl sites for hydroxylation is 2. The molecule has 0 N–H and O–H groups in total. The van der Waals surface area contributed by atoms with Gasteiger partial charge in [0.2, 0.25) is 0 Å². The van der Waals surface area contributed by atoms with Crippen molar-refractivity contribution in [2.75, 3.05) is 0 Å². The van der Waals surface area contributed by atoms with Crippen LogP contribution >= 0.6 is 7.92 Å². The molecule has 5 heteroatoms. The summed E-state index contributed by atoms with van der Waals surface area (Å²) >= 11 is 0. The fourth-order valence-corrected chi connectivity index (χ4v) is 7.31. The zero-order chi connectivity index (χ0) is 23.5. The molecule has 35 heavy (non-hydrogen) atoms. The van der Waals surface area contributed by atoms with Gasteiger partial charge >= 0.3 is 0 Å². The van der Waals surface area contributed by atoms with Gasteiger partial charge < -0.3 is 9.47 Å². The quantitative estimate of drug-likeness (QED) is 0.273. The molecule has 0 atom stereocenters. The number of rotatable bonds is 2. The first-order valence-electron chi connectivity index (χ1n) is 11.6. The van der Waals surface area contributed by atoms with Crippen LogP contribution in [0.5, 0.6) is 23.0 Å². The summed E-state index contributed by atoms with van der Waals surface area (Å²) in [4.78, 5) is 9.41. The summed E-state index contributed by atoms with van der Waals surface area (Å²) < 4.78 is 12.9. The first-order valence-corrected chi connectivity index (χ1v) is 12.9. The van der Waals surface area contributed by atoms with Gasteiger partial charge in [-0.3, -0.25) is 9.97 Å². The molecule has 0 aliphatic carbocycles. The van der Waals surface area contributed by atoms with Crippen LogP contribution in [0.25, 0.3) is 22.5 Å². The zero-order valence-corrected chi connectivity index (χ0v) is 20.2. The van der Waals surface area contributed by atoms with E-state index in [1.54, 1.807) is 0 Å². The minimum atomic E-state index is -0.817. The molecule has 2 aromatic heterocycles. The van der Waals surface area contributed by atoms with Gasteiger partial charge in [-0.1, -0.05) is 30.3 Å². The smallest absolute Gasteiger partial charge is 0.139 e. The summed E-state index contributed by atoms with van der Waals surface area (Å²) in [5.74, 6) is 3.51. The second kappa shape index (κ2) is 7.76. The number of hydrogen-bond acceptors (Lipinski definition) is 4. The maximum absolute atomic E-state index is 6.44. The van der Waals surface area contributed by atoms with Crippen molar-refractivity contribution in [2.24, 2.45) is 0 Å². The molecule has 0 fully saturated rings. The Morgan fingerprint density at radius 1 is 0.543 bits per heavy atom. The third-order valence-corrected chi connectivity index (χ3v) is 8.99. The number of ether oxygens (including phenoxy) is 2. The fraction of sp³-hybridized carbons (Fsp3) is 0.0667. The summed E-state index contributed by atoms with van der Waals surface area (Å²) in [6.45, 7) is 4.03. The Balaban J connectivity index is 1.38. The summed E-state index contributed by atoms with van der Waals surface area (Å²) in [6.07, 6.45) is 0. The average molecular weight is 472 g/mol. The van der Waals surface area contributed by atoms with E-state index < -0.39 is 7.92 Å². The van der Waals surface area contributed by atoms with Crippen LogP contribution in [0, 0.1) is 13.8 Å². The number of fused-ring (bicyclic) bond motifs is 4. The molecular weight excluding hydrogens is 451 g/mol. The molecule has 0 radical (unpaired) electrons. The molecule has 168 valence electrons. The second-order valence-corrected chi connectivity index (χ2v) is 10.9. The topological polar surface area (TPSA) is 44.2 Å². The van der Waals surface area contributed by atoms with E-state index in [1.807, 2.05) is 68.4 Å². The van der Waals surface area contributed by atoms with Gasteiger partial charge in [-0.2, -0.15) is 0 Å². The van der Waals surface area contributed by atoms with Crippen molar-refractivity contribution < 1.29 is 9.47 Å². The summed E-state index contributed by atoms with van der Waals surface area (Å²) in [7, 11) is -0.817. The van der Waals surface area contributed by atoms with E-state index in [9.17, 15) is 0 Å². The summed E-state index contributed by atoms with van der Waals surface area (Å²) in [5.41, 5.74) is 6.00. The molecule has 0 unspecified atom stereocenters. The molecule has 4 heterocycles. The molecule has 0 saturated carbocycles. The summed E-state index contributed by atoms with van der Waals surface area (Å²) in [6, 6.07) is 31.2. The molecular formula is C30H21N2O2P. The van der Waals surface area contributed by atoms with Crippen molar-refractivity contribution in [3.05, 3.63) is 102 Å². The standard InChI is InChI=1S/C30H21N2O2P/c1-18-6-3-8-22(31-18)20-12-14-28-26(16-20)33-24-10-5-11-25-30(24)35(28)29-15-13-21(17-27(29)34-25)23-9-4-7-19(2)32-23/h3-17H,1-2H3. The van der Waals surface area contributed by atoms with Gasteiger partial charge in [-0.25, -0.2) is 0 Å². The van der Waals surface area contributed by atoms with Crippen molar-refractivity contribution in [2.45, 2.75) is 13.8 Å². The lowest BCUT2D eigenvalue weighted by atomic mass is 10.1. The average Bonchev–Trinajstić information content (AvgIpc) is 2.88. The maximum Gasteiger partial charge on any atom is 0.139 e. The molecule has 4 nitrogen and oxygen atoms in total. The number of benzene rings is 3. The van der Waals surface area contributed by atoms with E-state index in [4.69, 9.17) is 19.4 Å². The lowest BCUT2D eigenvalue weighted by molar-refractivity contribution is 0.467. The number of nitrogens with zero attached hydrogens (tertiary/aromatic N) is 2. The SMILES string of the molecule is Cc1cccc(-c2ccc3c(c2)Oc2cccc4c2P3c2ccc(-c3cccc(C)n3)cc2O4)n1. The molecule has 7 rings (SSSR count). The van der Waals surface area contributed by atoms with E-state index in [0.29, 0.717) is 0 Å². The first-order chi connectivity index (χ1) is 17.1. The van der Waals surface area contributed by atoms with Crippen LogP contribution in [0.3, 0.4) is 0 Å². The fourth-order valence-electron chi connectivity index (χ4n) is 4.78. The van der Waals surface area contributed by atoms with Gasteiger partial charge in [0.15, 0.2) is 0 Å². The monoisotopic (exact) mass is 472 g/mol. The minimum absolute atomic E-state index is 0.817. The van der Waals surface area contributed by atoms with Crippen molar-refractivity contribution >= 4 is 23.8 Å². The number of hydrogen-bond donors (Lipinski definition) is 0. The predicted octanol–water partition coefficient (Wildman–Crippen LogP) is 6.40. The Morgan fingerprint density at radius 3 is 1.51 bits per heavy atom. The van der Waals surface area contributed by atoms with Gasteiger partial charge in [0.25, 0.3) is 0 Å². The molecule has 2 aliphatic rings. The lowest BCUT2D eigenvalue weighted by Gasteiger charge is -2.34. The van der Waals surface area contributed by atoms with Gasteiger partial charge in [-0.15, -0.1) is 0 Å². The van der Waals surface area contributed by atoms with Crippen LogP contribution in [0.1, 0.15) is 11.4 Å². The van der Waals surface area contributed by atoms with Crippen LogP contribution in [0.4, 0.5) is 0 Å². The predicted molar refractivity (Wildman–Crippen MR) is 141 cm³/mol. The molecule has 0 bridgehead atoms. The van der Waals surface area contributed by atoms with Gasteiger partial charge in [0.1, 0.15) is 23.0 Å². The third kappa shape index (κ3) is 3.33. The Hall–Kier alpha value is -4.01. The highest BCUT2D eigenvalue weighted by Crippen LogP contribution is 2.53. The van der Waals surface area contributed by atoms with Gasteiger partial charge in [0, 0.05) is 41.0 Å². The van der Waals surface area contributed by atoms with Crippen LogP contribution < -0.4 is 25.4 Å². The minimum Gasteiger partial charge on any atom is -0.456 e. The van der Waals surface area contributed by atoms with Crippen molar-refractivity contribution in [1.82, 2.24) is 9.97 Å². The molecule has 2 aliphatic heterocycles. The molecule has 5 aromatic rings. The second-order valence-electron chi connectivity index (χ2n) is 8.84. The van der Waals surface area contributed by atoms with Crippen LogP contribution in [0.15, 0.2) is 91.0 Å².